The standard InChI is InChI=1S/C25H22BrNO3/c26-17-11-9-16(10-12-17)24-23(28)13-14-27(24)25(29)30-15-22-20-7-3-1-5-18(20)19-6-2-4-8-21(19)22/h1-12,22-24,28H,13-15H2/t23-,24-/m1/s1. The van der Waals surface area contributed by atoms with E-state index in [1.807, 2.05) is 48.5 Å². The lowest BCUT2D eigenvalue weighted by Crippen LogP contribution is -2.34. The van der Waals surface area contributed by atoms with Crippen molar-refractivity contribution in [3.8, 4) is 11.1 Å². The molecule has 5 rings (SSSR count). The average molecular weight is 464 g/mol. The van der Waals surface area contributed by atoms with E-state index in [9.17, 15) is 9.90 Å². The highest BCUT2D eigenvalue weighted by Gasteiger charge is 2.38. The summed E-state index contributed by atoms with van der Waals surface area (Å²) < 4.78 is 6.78. The second-order valence-electron chi connectivity index (χ2n) is 7.85. The molecule has 1 aliphatic carbocycles. The van der Waals surface area contributed by atoms with Crippen molar-refractivity contribution in [2.24, 2.45) is 0 Å². The van der Waals surface area contributed by atoms with E-state index in [0.717, 1.165) is 10.0 Å². The number of likely N-dealkylation sites (tertiary alicyclic amines) is 1. The Balaban J connectivity index is 1.35. The second kappa shape index (κ2) is 7.89. The van der Waals surface area contributed by atoms with Gasteiger partial charge in [-0.15, -0.1) is 0 Å². The van der Waals surface area contributed by atoms with Crippen LogP contribution in [0.15, 0.2) is 77.3 Å². The lowest BCUT2D eigenvalue weighted by Gasteiger charge is -2.27. The SMILES string of the molecule is O=C(OCC1c2ccccc2-c2ccccc21)N1CC[C@@H](O)[C@H]1c1ccc(Br)cc1. The third kappa shape index (κ3) is 3.32. The van der Waals surface area contributed by atoms with E-state index in [4.69, 9.17) is 4.74 Å². The zero-order valence-electron chi connectivity index (χ0n) is 16.4. The highest BCUT2D eigenvalue weighted by atomic mass is 79.9. The molecule has 0 bridgehead atoms. The number of aliphatic hydroxyl groups is 1. The second-order valence-corrected chi connectivity index (χ2v) is 8.77. The number of fused-ring (bicyclic) bond motifs is 3. The number of hydrogen-bond acceptors (Lipinski definition) is 3. The number of amides is 1. The number of hydrogen-bond donors (Lipinski definition) is 1. The molecule has 4 nitrogen and oxygen atoms in total. The molecule has 1 N–H and O–H groups in total. The smallest absolute Gasteiger partial charge is 0.410 e. The van der Waals surface area contributed by atoms with E-state index in [1.165, 1.54) is 22.3 Å². The molecule has 0 radical (unpaired) electrons. The molecule has 2 aliphatic rings. The molecular formula is C25H22BrNO3. The quantitative estimate of drug-likeness (QED) is 0.557. The van der Waals surface area contributed by atoms with Gasteiger partial charge in [-0.3, -0.25) is 4.90 Å². The van der Waals surface area contributed by atoms with Crippen molar-refractivity contribution in [1.82, 2.24) is 4.90 Å². The summed E-state index contributed by atoms with van der Waals surface area (Å²) in [7, 11) is 0. The molecule has 1 aliphatic heterocycles. The average Bonchev–Trinajstić information content (AvgIpc) is 3.31. The summed E-state index contributed by atoms with van der Waals surface area (Å²) >= 11 is 3.43. The van der Waals surface area contributed by atoms with Crippen LogP contribution in [0.25, 0.3) is 11.1 Å². The van der Waals surface area contributed by atoms with E-state index in [0.29, 0.717) is 13.0 Å². The maximum absolute atomic E-state index is 13.0. The molecular weight excluding hydrogens is 442 g/mol. The van der Waals surface area contributed by atoms with E-state index in [2.05, 4.69) is 40.2 Å². The Morgan fingerprint density at radius 2 is 1.57 bits per heavy atom. The first-order valence-corrected chi connectivity index (χ1v) is 11.0. The van der Waals surface area contributed by atoms with Gasteiger partial charge in [0.15, 0.2) is 0 Å². The van der Waals surface area contributed by atoms with Crippen molar-refractivity contribution in [2.75, 3.05) is 13.2 Å². The van der Waals surface area contributed by atoms with Crippen LogP contribution in [0.1, 0.15) is 35.1 Å². The normalized spacial score (nSPS) is 20.1. The summed E-state index contributed by atoms with van der Waals surface area (Å²) in [5.41, 5.74) is 5.71. The van der Waals surface area contributed by atoms with Gasteiger partial charge in [0.05, 0.1) is 12.1 Å². The fourth-order valence-corrected chi connectivity index (χ4v) is 4.98. The molecule has 3 aromatic rings. The number of halogens is 1. The molecule has 0 unspecified atom stereocenters. The summed E-state index contributed by atoms with van der Waals surface area (Å²) in [6.07, 6.45) is -0.418. The number of rotatable bonds is 3. The zero-order chi connectivity index (χ0) is 20.7. The van der Waals surface area contributed by atoms with Gasteiger partial charge < -0.3 is 9.84 Å². The minimum absolute atomic E-state index is 0.0278. The van der Waals surface area contributed by atoms with Gasteiger partial charge in [-0.05, 0) is 46.4 Å². The van der Waals surface area contributed by atoms with Crippen molar-refractivity contribution in [3.05, 3.63) is 94.0 Å². The molecule has 2 atom stereocenters. The Kier molecular flexibility index (Phi) is 5.09. The van der Waals surface area contributed by atoms with Crippen LogP contribution in [0.2, 0.25) is 0 Å². The lowest BCUT2D eigenvalue weighted by molar-refractivity contribution is 0.0741. The predicted octanol–water partition coefficient (Wildman–Crippen LogP) is 5.51. The molecule has 1 saturated heterocycles. The van der Waals surface area contributed by atoms with Crippen molar-refractivity contribution in [3.63, 3.8) is 0 Å². The van der Waals surface area contributed by atoms with Crippen LogP contribution in [0.3, 0.4) is 0 Å². The first-order valence-electron chi connectivity index (χ1n) is 10.2. The van der Waals surface area contributed by atoms with Crippen LogP contribution in [-0.2, 0) is 4.74 Å². The van der Waals surface area contributed by atoms with Crippen LogP contribution in [0.4, 0.5) is 4.79 Å². The highest BCUT2D eigenvalue weighted by Crippen LogP contribution is 2.44. The zero-order valence-corrected chi connectivity index (χ0v) is 18.0. The van der Waals surface area contributed by atoms with Gasteiger partial charge in [0.2, 0.25) is 0 Å². The van der Waals surface area contributed by atoms with E-state index in [-0.39, 0.29) is 24.7 Å². The maximum Gasteiger partial charge on any atom is 0.410 e. The van der Waals surface area contributed by atoms with E-state index < -0.39 is 6.10 Å². The summed E-state index contributed by atoms with van der Waals surface area (Å²) in [4.78, 5) is 14.7. The summed E-state index contributed by atoms with van der Waals surface area (Å²) in [5, 5.41) is 10.5. The molecule has 0 saturated carbocycles. The Morgan fingerprint density at radius 3 is 2.20 bits per heavy atom. The van der Waals surface area contributed by atoms with Crippen LogP contribution < -0.4 is 0 Å². The van der Waals surface area contributed by atoms with Crippen LogP contribution in [0, 0.1) is 0 Å². The highest BCUT2D eigenvalue weighted by molar-refractivity contribution is 9.10. The van der Waals surface area contributed by atoms with Crippen molar-refractivity contribution < 1.29 is 14.6 Å². The monoisotopic (exact) mass is 463 g/mol. The van der Waals surface area contributed by atoms with Gasteiger partial charge in [-0.2, -0.15) is 0 Å². The minimum atomic E-state index is -0.591. The van der Waals surface area contributed by atoms with Gasteiger partial charge in [0.25, 0.3) is 0 Å². The maximum atomic E-state index is 13.0. The third-order valence-corrected chi connectivity index (χ3v) is 6.68. The van der Waals surface area contributed by atoms with E-state index in [1.54, 1.807) is 4.90 Å². The summed E-state index contributed by atoms with van der Waals surface area (Å²) in [5.74, 6) is 0.0278. The topological polar surface area (TPSA) is 49.8 Å². The Bertz CT molecular complexity index is 1040. The van der Waals surface area contributed by atoms with Gasteiger partial charge in [0, 0.05) is 16.9 Å². The number of nitrogens with zero attached hydrogens (tertiary/aromatic N) is 1. The van der Waals surface area contributed by atoms with Gasteiger partial charge in [-0.1, -0.05) is 76.6 Å². The lowest BCUT2D eigenvalue weighted by atomic mass is 9.98. The molecule has 0 aromatic heterocycles. The minimum Gasteiger partial charge on any atom is -0.448 e. The molecule has 5 heteroatoms. The molecule has 1 heterocycles. The first-order chi connectivity index (χ1) is 14.6. The molecule has 152 valence electrons. The van der Waals surface area contributed by atoms with Gasteiger partial charge >= 0.3 is 6.09 Å². The number of benzene rings is 3. The number of aliphatic hydroxyl groups excluding tert-OH is 1. The van der Waals surface area contributed by atoms with Gasteiger partial charge in [0.1, 0.15) is 6.61 Å². The van der Waals surface area contributed by atoms with Crippen molar-refractivity contribution >= 4 is 22.0 Å². The Labute approximate surface area is 184 Å². The number of carbonyl (C=O) groups excluding carboxylic acids is 1. The van der Waals surface area contributed by atoms with Crippen LogP contribution in [-0.4, -0.2) is 35.4 Å². The molecule has 1 fully saturated rings. The Hall–Kier alpha value is -2.63. The van der Waals surface area contributed by atoms with Crippen LogP contribution in [0.5, 0.6) is 0 Å². The van der Waals surface area contributed by atoms with Crippen LogP contribution >= 0.6 is 15.9 Å². The molecule has 1 amide bonds. The fourth-order valence-electron chi connectivity index (χ4n) is 4.72. The Morgan fingerprint density at radius 1 is 0.967 bits per heavy atom. The number of ether oxygens (including phenoxy) is 1. The number of carbonyl (C=O) groups is 1. The van der Waals surface area contributed by atoms with Crippen molar-refractivity contribution in [1.29, 1.82) is 0 Å². The summed E-state index contributed by atoms with van der Waals surface area (Å²) in [6, 6.07) is 23.9. The van der Waals surface area contributed by atoms with Crippen molar-refractivity contribution in [2.45, 2.75) is 24.5 Å². The van der Waals surface area contributed by atoms with Gasteiger partial charge in [-0.25, -0.2) is 4.79 Å². The molecule has 3 aromatic carbocycles. The molecule has 0 spiro atoms. The first kappa shape index (κ1) is 19.3. The third-order valence-electron chi connectivity index (χ3n) is 6.15. The summed E-state index contributed by atoms with van der Waals surface area (Å²) in [6.45, 7) is 0.769. The molecule has 30 heavy (non-hydrogen) atoms. The fraction of sp³-hybridized carbons (Fsp3) is 0.240. The van der Waals surface area contributed by atoms with E-state index >= 15 is 0 Å². The predicted molar refractivity (Wildman–Crippen MR) is 119 cm³/mol. The largest absolute Gasteiger partial charge is 0.448 e.